The third kappa shape index (κ3) is 1.59. The van der Waals surface area contributed by atoms with Gasteiger partial charge in [-0.1, -0.05) is 20.8 Å². The van der Waals surface area contributed by atoms with Crippen LogP contribution in [0.5, 0.6) is 0 Å². The summed E-state index contributed by atoms with van der Waals surface area (Å²) in [5, 5.41) is 0. The van der Waals surface area contributed by atoms with Gasteiger partial charge in [0.15, 0.2) is 0 Å². The summed E-state index contributed by atoms with van der Waals surface area (Å²) >= 11 is 0. The summed E-state index contributed by atoms with van der Waals surface area (Å²) in [6, 6.07) is 0.634. The van der Waals surface area contributed by atoms with Crippen molar-refractivity contribution in [3.05, 3.63) is 0 Å². The van der Waals surface area contributed by atoms with Crippen molar-refractivity contribution in [1.82, 2.24) is 0 Å². The fourth-order valence-electron chi connectivity index (χ4n) is 1.43. The van der Waals surface area contributed by atoms with E-state index in [0.717, 1.165) is 12.3 Å². The summed E-state index contributed by atoms with van der Waals surface area (Å²) in [7, 11) is 0. The first kappa shape index (κ1) is 7.77. The number of hydrogen-bond acceptors (Lipinski definition) is 1. The average molecular weight is 139 g/mol. The Morgan fingerprint density at radius 1 is 1.60 bits per heavy atom. The maximum absolute atomic E-state index is 4.62. The molecule has 0 N–H and O–H groups in total. The van der Waals surface area contributed by atoms with Crippen LogP contribution in [0.25, 0.3) is 0 Å². The molecule has 1 heteroatoms. The Bertz CT molecular complexity index is 136. The third-order valence-electron chi connectivity index (χ3n) is 2.25. The van der Waals surface area contributed by atoms with Gasteiger partial charge >= 0.3 is 0 Å². The van der Waals surface area contributed by atoms with Gasteiger partial charge in [-0.05, 0) is 25.2 Å². The molecule has 0 aromatic carbocycles. The van der Waals surface area contributed by atoms with Crippen molar-refractivity contribution in [2.75, 3.05) is 0 Å². The first-order valence-corrected chi connectivity index (χ1v) is 4.29. The topological polar surface area (TPSA) is 12.4 Å². The van der Waals surface area contributed by atoms with Gasteiger partial charge in [0.05, 0.1) is 6.04 Å². The second-order valence-electron chi connectivity index (χ2n) is 3.40. The van der Waals surface area contributed by atoms with Gasteiger partial charge in [0.2, 0.25) is 0 Å². The Balaban J connectivity index is 2.47. The maximum atomic E-state index is 4.62. The van der Waals surface area contributed by atoms with Crippen molar-refractivity contribution in [2.24, 2.45) is 10.9 Å². The lowest BCUT2D eigenvalue weighted by Crippen LogP contribution is -2.07. The second kappa shape index (κ2) is 3.18. The highest BCUT2D eigenvalue weighted by atomic mass is 14.8. The summed E-state index contributed by atoms with van der Waals surface area (Å²) in [4.78, 5) is 4.62. The van der Waals surface area contributed by atoms with Gasteiger partial charge in [0, 0.05) is 5.71 Å². The lowest BCUT2D eigenvalue weighted by atomic mass is 10.0. The molecule has 1 heterocycles. The first-order valence-electron chi connectivity index (χ1n) is 4.29. The van der Waals surface area contributed by atoms with E-state index in [9.17, 15) is 0 Å². The van der Waals surface area contributed by atoms with Crippen LogP contribution in [0.1, 0.15) is 40.0 Å². The molecular formula is C9H17N. The summed E-state index contributed by atoms with van der Waals surface area (Å²) in [6.45, 7) is 6.71. The Morgan fingerprint density at radius 2 is 2.30 bits per heavy atom. The standard InChI is InChI=1S/C9H17N/c1-4-8-5-6-9(10-8)7(2)3/h7,9H,4-6H2,1-3H3. The van der Waals surface area contributed by atoms with E-state index >= 15 is 0 Å². The minimum Gasteiger partial charge on any atom is -0.291 e. The molecule has 1 nitrogen and oxygen atoms in total. The zero-order valence-electron chi connectivity index (χ0n) is 7.22. The Kier molecular flexibility index (Phi) is 2.47. The van der Waals surface area contributed by atoms with Gasteiger partial charge in [-0.15, -0.1) is 0 Å². The van der Waals surface area contributed by atoms with Crippen LogP contribution in [0.4, 0.5) is 0 Å². The van der Waals surface area contributed by atoms with E-state index in [1.807, 2.05) is 0 Å². The van der Waals surface area contributed by atoms with Crippen LogP contribution in [-0.2, 0) is 0 Å². The van der Waals surface area contributed by atoms with Crippen LogP contribution >= 0.6 is 0 Å². The van der Waals surface area contributed by atoms with Crippen molar-refractivity contribution in [3.8, 4) is 0 Å². The molecule has 0 saturated heterocycles. The highest BCUT2D eigenvalue weighted by molar-refractivity contribution is 5.85. The quantitative estimate of drug-likeness (QED) is 0.557. The van der Waals surface area contributed by atoms with Crippen LogP contribution in [-0.4, -0.2) is 11.8 Å². The lowest BCUT2D eigenvalue weighted by Gasteiger charge is -2.08. The van der Waals surface area contributed by atoms with E-state index in [2.05, 4.69) is 25.8 Å². The predicted octanol–water partition coefficient (Wildman–Crippen LogP) is 2.66. The molecule has 0 aromatic heterocycles. The highest BCUT2D eigenvalue weighted by Crippen LogP contribution is 2.21. The SMILES string of the molecule is CCC1=NC(C(C)C)CC1. The van der Waals surface area contributed by atoms with Gasteiger partial charge in [0.1, 0.15) is 0 Å². The molecule has 1 aliphatic heterocycles. The van der Waals surface area contributed by atoms with Crippen LogP contribution in [0.3, 0.4) is 0 Å². The zero-order valence-corrected chi connectivity index (χ0v) is 7.22. The molecule has 0 radical (unpaired) electrons. The van der Waals surface area contributed by atoms with E-state index in [0.29, 0.717) is 6.04 Å². The van der Waals surface area contributed by atoms with Crippen molar-refractivity contribution in [1.29, 1.82) is 0 Å². The van der Waals surface area contributed by atoms with Gasteiger partial charge in [-0.3, -0.25) is 4.99 Å². The molecule has 1 rings (SSSR count). The number of hydrogen-bond donors (Lipinski definition) is 0. The number of aliphatic imine (C=N–C) groups is 1. The van der Waals surface area contributed by atoms with E-state index in [1.54, 1.807) is 0 Å². The van der Waals surface area contributed by atoms with Crippen molar-refractivity contribution >= 4 is 5.71 Å². The van der Waals surface area contributed by atoms with Crippen molar-refractivity contribution in [2.45, 2.75) is 46.1 Å². The average Bonchev–Trinajstić information content (AvgIpc) is 2.34. The second-order valence-corrected chi connectivity index (χ2v) is 3.40. The van der Waals surface area contributed by atoms with E-state index in [1.165, 1.54) is 18.6 Å². The molecule has 0 aliphatic carbocycles. The van der Waals surface area contributed by atoms with Crippen LogP contribution in [0.2, 0.25) is 0 Å². The lowest BCUT2D eigenvalue weighted by molar-refractivity contribution is 0.494. The van der Waals surface area contributed by atoms with Gasteiger partial charge in [0.25, 0.3) is 0 Å². The van der Waals surface area contributed by atoms with Gasteiger partial charge in [-0.2, -0.15) is 0 Å². The molecule has 1 unspecified atom stereocenters. The minimum absolute atomic E-state index is 0.634. The molecule has 58 valence electrons. The highest BCUT2D eigenvalue weighted by Gasteiger charge is 2.18. The molecule has 0 saturated carbocycles. The summed E-state index contributed by atoms with van der Waals surface area (Å²) in [5.41, 5.74) is 1.43. The molecule has 10 heavy (non-hydrogen) atoms. The predicted molar refractivity (Wildman–Crippen MR) is 45.6 cm³/mol. The maximum Gasteiger partial charge on any atom is 0.0525 e. The number of rotatable bonds is 2. The minimum atomic E-state index is 0.634. The molecule has 0 amide bonds. The first-order chi connectivity index (χ1) is 4.74. The van der Waals surface area contributed by atoms with E-state index < -0.39 is 0 Å². The molecule has 0 fully saturated rings. The van der Waals surface area contributed by atoms with Crippen molar-refractivity contribution < 1.29 is 0 Å². The third-order valence-corrected chi connectivity index (χ3v) is 2.25. The molecule has 0 spiro atoms. The Morgan fingerprint density at radius 3 is 2.60 bits per heavy atom. The summed E-state index contributed by atoms with van der Waals surface area (Å²) in [5.74, 6) is 0.740. The van der Waals surface area contributed by atoms with E-state index in [-0.39, 0.29) is 0 Å². The van der Waals surface area contributed by atoms with Crippen LogP contribution < -0.4 is 0 Å². The number of nitrogens with zero attached hydrogens (tertiary/aromatic N) is 1. The van der Waals surface area contributed by atoms with E-state index in [4.69, 9.17) is 0 Å². The largest absolute Gasteiger partial charge is 0.291 e. The fourth-order valence-corrected chi connectivity index (χ4v) is 1.43. The zero-order chi connectivity index (χ0) is 7.56. The van der Waals surface area contributed by atoms with Gasteiger partial charge in [-0.25, -0.2) is 0 Å². The monoisotopic (exact) mass is 139 g/mol. The molecule has 0 bridgehead atoms. The molecular weight excluding hydrogens is 122 g/mol. The fraction of sp³-hybridized carbons (Fsp3) is 0.889. The van der Waals surface area contributed by atoms with Crippen LogP contribution in [0.15, 0.2) is 4.99 Å². The molecule has 1 aliphatic rings. The van der Waals surface area contributed by atoms with Crippen LogP contribution in [0, 0.1) is 5.92 Å². The molecule has 0 aromatic rings. The Labute approximate surface area is 63.5 Å². The van der Waals surface area contributed by atoms with Gasteiger partial charge < -0.3 is 0 Å². The smallest absolute Gasteiger partial charge is 0.0525 e. The van der Waals surface area contributed by atoms with Crippen molar-refractivity contribution in [3.63, 3.8) is 0 Å². The summed E-state index contributed by atoms with van der Waals surface area (Å²) < 4.78 is 0. The summed E-state index contributed by atoms with van der Waals surface area (Å²) in [6.07, 6.45) is 3.70. The Hall–Kier alpha value is -0.330. The normalized spacial score (nSPS) is 25.6. The molecule has 1 atom stereocenters.